The fourth-order valence-corrected chi connectivity index (χ4v) is 6.08. The number of halogens is 1. The lowest BCUT2D eigenvalue weighted by Gasteiger charge is -2.26. The molecule has 230 valence electrons. The molecule has 0 N–H and O–H groups in total. The van der Waals surface area contributed by atoms with Gasteiger partial charge in [0, 0.05) is 56.8 Å². The third kappa shape index (κ3) is 12.3. The molecule has 0 fully saturated rings. The third-order valence-electron chi connectivity index (χ3n) is 7.21. The molecule has 9 heteroatoms. The van der Waals surface area contributed by atoms with E-state index in [-0.39, 0.29) is 17.0 Å². The molecule has 1 aromatic rings. The molecule has 1 aromatic carbocycles. The molecule has 0 unspecified atom stereocenters. The normalized spacial score (nSPS) is 11.8. The SMILES string of the molecule is CN(C)CCCN(CCCN(C)C)c1ccc2nc3ccc(=[N+](CCCN(C)C)CCCN(C)C)cc-3sc2c1.[Br-]. The Balaban J connectivity index is 0.00000588. The molecule has 0 amide bonds. The second kappa shape index (κ2) is 18.1. The van der Waals surface area contributed by atoms with E-state index in [9.17, 15) is 0 Å². The minimum Gasteiger partial charge on any atom is -1.00 e. The van der Waals surface area contributed by atoms with E-state index >= 15 is 0 Å². The van der Waals surface area contributed by atoms with Crippen molar-refractivity contribution in [2.45, 2.75) is 25.7 Å². The molecule has 1 heterocycles. The number of benzene rings is 2. The maximum absolute atomic E-state index is 5.07. The summed E-state index contributed by atoms with van der Waals surface area (Å²) in [6.45, 7) is 8.71. The second-order valence-electron chi connectivity index (χ2n) is 12.1. The summed E-state index contributed by atoms with van der Waals surface area (Å²) in [5.74, 6) is 0. The predicted molar refractivity (Wildman–Crippen MR) is 176 cm³/mol. The van der Waals surface area contributed by atoms with Crippen molar-refractivity contribution in [3.05, 3.63) is 41.8 Å². The maximum atomic E-state index is 5.07. The van der Waals surface area contributed by atoms with Crippen LogP contribution in [0.2, 0.25) is 0 Å². The quantitative estimate of drug-likeness (QED) is 0.159. The van der Waals surface area contributed by atoms with Gasteiger partial charge in [0.05, 0.1) is 20.8 Å². The van der Waals surface area contributed by atoms with E-state index in [1.807, 2.05) is 11.3 Å². The topological polar surface area (TPSA) is 32.1 Å². The molecular formula is C32H54BrN7S. The largest absolute Gasteiger partial charge is 1.00 e. The summed E-state index contributed by atoms with van der Waals surface area (Å²) in [4.78, 5) is 18.0. The minimum absolute atomic E-state index is 0. The first-order valence-electron chi connectivity index (χ1n) is 14.9. The zero-order chi connectivity index (χ0) is 29.1. The lowest BCUT2D eigenvalue weighted by molar-refractivity contribution is -0.00000864. The number of fused-ring (bicyclic) bond motifs is 2. The molecule has 1 aliphatic carbocycles. The molecule has 3 rings (SSSR count). The Labute approximate surface area is 264 Å². The van der Waals surface area contributed by atoms with Crippen molar-refractivity contribution in [3.63, 3.8) is 0 Å². The molecule has 0 spiro atoms. The van der Waals surface area contributed by atoms with Crippen LogP contribution in [0.25, 0.3) is 20.8 Å². The van der Waals surface area contributed by atoms with Gasteiger partial charge in [0.25, 0.3) is 0 Å². The number of anilines is 1. The van der Waals surface area contributed by atoms with Gasteiger partial charge in [0.2, 0.25) is 5.36 Å². The van der Waals surface area contributed by atoms with Gasteiger partial charge in [0.15, 0.2) is 0 Å². The number of nitrogens with zero attached hydrogens (tertiary/aromatic N) is 7. The molecule has 7 nitrogen and oxygen atoms in total. The van der Waals surface area contributed by atoms with Crippen LogP contribution in [0.1, 0.15) is 25.7 Å². The Kier molecular flexibility index (Phi) is 15.7. The Hall–Kier alpha value is -1.62. The lowest BCUT2D eigenvalue weighted by Crippen LogP contribution is -3.00. The van der Waals surface area contributed by atoms with Gasteiger partial charge in [-0.1, -0.05) is 0 Å². The van der Waals surface area contributed by atoms with E-state index in [2.05, 4.69) is 122 Å². The summed E-state index contributed by atoms with van der Waals surface area (Å²) in [5.41, 5.74) is 3.49. The standard InChI is InChI=1S/C32H54N7S.BrH/c1-34(2)17-9-21-38(22-10-18-35(3)4)27-13-15-29-31(25-27)40-32-26-28(14-16-30(32)33-29)39(23-11-19-36(5)6)24-12-20-37(7)8;/h13-16,25-26H,9-12,17-24H2,1-8H3;1H/q+1;/p-1. The Morgan fingerprint density at radius 3 is 1.71 bits per heavy atom. The van der Waals surface area contributed by atoms with Gasteiger partial charge < -0.3 is 41.5 Å². The number of aromatic nitrogens is 1. The molecule has 0 aromatic heterocycles. The molecule has 1 aliphatic heterocycles. The van der Waals surface area contributed by atoms with Crippen LogP contribution in [0.4, 0.5) is 5.69 Å². The van der Waals surface area contributed by atoms with Gasteiger partial charge in [-0.25, -0.2) is 9.56 Å². The summed E-state index contributed by atoms with van der Waals surface area (Å²) in [6.07, 6.45) is 4.64. The molecule has 0 bridgehead atoms. The molecule has 41 heavy (non-hydrogen) atoms. The van der Waals surface area contributed by atoms with Gasteiger partial charge in [-0.2, -0.15) is 0 Å². The first-order valence-corrected chi connectivity index (χ1v) is 15.7. The first kappa shape index (κ1) is 35.6. The Morgan fingerprint density at radius 1 is 0.634 bits per heavy atom. The van der Waals surface area contributed by atoms with Crippen LogP contribution in [0.5, 0.6) is 0 Å². The van der Waals surface area contributed by atoms with E-state index in [1.165, 1.54) is 20.6 Å². The highest BCUT2D eigenvalue weighted by molar-refractivity contribution is 7.21. The van der Waals surface area contributed by atoms with E-state index in [0.717, 1.165) is 89.3 Å². The van der Waals surface area contributed by atoms with E-state index in [4.69, 9.17) is 4.98 Å². The number of hydrogen-bond donors (Lipinski definition) is 0. The monoisotopic (exact) mass is 647 g/mol. The van der Waals surface area contributed by atoms with Crippen molar-refractivity contribution < 1.29 is 17.0 Å². The highest BCUT2D eigenvalue weighted by atomic mass is 79.9. The highest BCUT2D eigenvalue weighted by Crippen LogP contribution is 2.32. The summed E-state index contributed by atoms with van der Waals surface area (Å²) < 4.78 is 3.83. The summed E-state index contributed by atoms with van der Waals surface area (Å²) in [7, 11) is 17.3. The predicted octanol–water partition coefficient (Wildman–Crippen LogP) is 0.791. The van der Waals surface area contributed by atoms with E-state index < -0.39 is 0 Å². The Morgan fingerprint density at radius 2 is 1.17 bits per heavy atom. The fraction of sp³-hybridized carbons (Fsp3) is 0.625. The van der Waals surface area contributed by atoms with Crippen LogP contribution in [0, 0.1) is 0 Å². The average molecular weight is 649 g/mol. The van der Waals surface area contributed by atoms with Crippen molar-refractivity contribution in [2.75, 3.05) is 114 Å². The van der Waals surface area contributed by atoms with Crippen molar-refractivity contribution in [3.8, 4) is 10.6 Å². The molecule has 0 saturated carbocycles. The fourth-order valence-electron chi connectivity index (χ4n) is 5.05. The van der Waals surface area contributed by atoms with Gasteiger partial charge in [-0.05, 0) is 107 Å². The van der Waals surface area contributed by atoms with Crippen LogP contribution in [-0.4, -0.2) is 133 Å². The van der Waals surface area contributed by atoms with Crippen LogP contribution in [-0.2, 0) is 0 Å². The summed E-state index contributed by atoms with van der Waals surface area (Å²) in [5, 5.41) is 1.31. The van der Waals surface area contributed by atoms with Gasteiger partial charge in [-0.3, -0.25) is 0 Å². The molecule has 0 atom stereocenters. The van der Waals surface area contributed by atoms with Crippen LogP contribution in [0.3, 0.4) is 0 Å². The van der Waals surface area contributed by atoms with Gasteiger partial charge in [0.1, 0.15) is 13.1 Å². The van der Waals surface area contributed by atoms with Crippen molar-refractivity contribution >= 4 is 27.2 Å². The van der Waals surface area contributed by atoms with Gasteiger partial charge in [-0.15, -0.1) is 11.3 Å². The zero-order valence-corrected chi connectivity index (χ0v) is 29.3. The van der Waals surface area contributed by atoms with Crippen molar-refractivity contribution in [1.82, 2.24) is 29.2 Å². The smallest absolute Gasteiger partial charge is 0.201 e. The molecular weight excluding hydrogens is 594 g/mol. The molecule has 0 radical (unpaired) electrons. The third-order valence-corrected chi connectivity index (χ3v) is 8.31. The number of rotatable bonds is 17. The lowest BCUT2D eigenvalue weighted by atomic mass is 10.2. The average Bonchev–Trinajstić information content (AvgIpc) is 2.89. The van der Waals surface area contributed by atoms with Crippen LogP contribution >= 0.6 is 11.3 Å². The Bertz CT molecular complexity index is 1180. The van der Waals surface area contributed by atoms with Crippen LogP contribution in [0.15, 0.2) is 36.4 Å². The first-order chi connectivity index (χ1) is 19.1. The number of hydrogen-bond acceptors (Lipinski definition) is 7. The minimum atomic E-state index is 0. The molecule has 2 aliphatic rings. The second-order valence-corrected chi connectivity index (χ2v) is 13.2. The summed E-state index contributed by atoms with van der Waals surface area (Å²) >= 11 is 1.88. The van der Waals surface area contributed by atoms with Crippen molar-refractivity contribution in [2.24, 2.45) is 0 Å². The molecule has 0 saturated heterocycles. The van der Waals surface area contributed by atoms with E-state index in [0.29, 0.717) is 0 Å². The van der Waals surface area contributed by atoms with E-state index in [1.54, 1.807) is 0 Å². The maximum Gasteiger partial charge on any atom is 0.201 e. The van der Waals surface area contributed by atoms with Gasteiger partial charge >= 0.3 is 0 Å². The van der Waals surface area contributed by atoms with Crippen LogP contribution < -0.4 is 31.8 Å². The zero-order valence-electron chi connectivity index (χ0n) is 26.9. The summed E-state index contributed by atoms with van der Waals surface area (Å²) in [6, 6.07) is 13.7. The van der Waals surface area contributed by atoms with Crippen molar-refractivity contribution in [1.29, 1.82) is 0 Å². The highest BCUT2D eigenvalue weighted by Gasteiger charge is 2.14.